The molecule has 0 amide bonds. The number of nitrogens with zero attached hydrogens (tertiary/aromatic N) is 1. The van der Waals surface area contributed by atoms with E-state index in [2.05, 4.69) is 23.3 Å². The lowest BCUT2D eigenvalue weighted by Gasteiger charge is -2.10. The van der Waals surface area contributed by atoms with Crippen molar-refractivity contribution in [3.05, 3.63) is 54.6 Å². The van der Waals surface area contributed by atoms with Gasteiger partial charge in [-0.25, -0.2) is 4.98 Å². The standard InChI is InChI=1S/C19H17N3O/c1-2-20-16-11-17(21-14-9-5-3-7-12(14)16)18-13-8-4-6-10-15(13)22-19(18)23/h3-11,22-23H,2H2,1H3,(H,20,21). The van der Waals surface area contributed by atoms with E-state index in [1.54, 1.807) is 0 Å². The molecule has 2 aromatic carbocycles. The summed E-state index contributed by atoms with van der Waals surface area (Å²) >= 11 is 0. The van der Waals surface area contributed by atoms with Crippen LogP contribution in [0.2, 0.25) is 0 Å². The van der Waals surface area contributed by atoms with Gasteiger partial charge in [-0.05, 0) is 25.1 Å². The van der Waals surface area contributed by atoms with Crippen LogP contribution in [-0.2, 0) is 0 Å². The Morgan fingerprint density at radius 3 is 2.61 bits per heavy atom. The fourth-order valence-electron chi connectivity index (χ4n) is 3.03. The van der Waals surface area contributed by atoms with E-state index in [1.165, 1.54) is 0 Å². The zero-order chi connectivity index (χ0) is 15.8. The van der Waals surface area contributed by atoms with Crippen molar-refractivity contribution < 1.29 is 5.11 Å². The molecule has 0 saturated heterocycles. The van der Waals surface area contributed by atoms with Crippen LogP contribution in [0.15, 0.2) is 54.6 Å². The van der Waals surface area contributed by atoms with Crippen LogP contribution in [0.4, 0.5) is 5.69 Å². The van der Waals surface area contributed by atoms with Crippen molar-refractivity contribution in [1.29, 1.82) is 0 Å². The molecule has 0 aliphatic rings. The number of fused-ring (bicyclic) bond motifs is 2. The Bertz CT molecular complexity index is 1000. The minimum Gasteiger partial charge on any atom is -0.494 e. The summed E-state index contributed by atoms with van der Waals surface area (Å²) in [7, 11) is 0. The number of H-pyrrole nitrogens is 1. The number of hydrogen-bond acceptors (Lipinski definition) is 3. The van der Waals surface area contributed by atoms with Crippen LogP contribution < -0.4 is 5.32 Å². The molecule has 0 aliphatic heterocycles. The van der Waals surface area contributed by atoms with E-state index in [0.717, 1.165) is 45.3 Å². The summed E-state index contributed by atoms with van der Waals surface area (Å²) in [6.07, 6.45) is 0. The van der Waals surface area contributed by atoms with Crippen LogP contribution in [0.5, 0.6) is 5.88 Å². The first-order valence-electron chi connectivity index (χ1n) is 7.71. The Morgan fingerprint density at radius 2 is 1.78 bits per heavy atom. The Labute approximate surface area is 133 Å². The highest BCUT2D eigenvalue weighted by Crippen LogP contribution is 2.38. The molecule has 3 N–H and O–H groups in total. The molecule has 0 radical (unpaired) electrons. The fourth-order valence-corrected chi connectivity index (χ4v) is 3.03. The molecule has 0 bridgehead atoms. The number of hydrogen-bond donors (Lipinski definition) is 3. The molecule has 23 heavy (non-hydrogen) atoms. The number of rotatable bonds is 3. The molecule has 114 valence electrons. The Hall–Kier alpha value is -3.01. The largest absolute Gasteiger partial charge is 0.494 e. The molecular weight excluding hydrogens is 286 g/mol. The highest BCUT2D eigenvalue weighted by atomic mass is 16.3. The molecule has 0 atom stereocenters. The lowest BCUT2D eigenvalue weighted by Crippen LogP contribution is -1.99. The van der Waals surface area contributed by atoms with E-state index < -0.39 is 0 Å². The lowest BCUT2D eigenvalue weighted by molar-refractivity contribution is 0.460. The first-order chi connectivity index (χ1) is 11.3. The Morgan fingerprint density at radius 1 is 1.04 bits per heavy atom. The summed E-state index contributed by atoms with van der Waals surface area (Å²) in [5.41, 5.74) is 4.34. The third-order valence-corrected chi connectivity index (χ3v) is 4.03. The van der Waals surface area contributed by atoms with Gasteiger partial charge in [-0.1, -0.05) is 36.4 Å². The van der Waals surface area contributed by atoms with Gasteiger partial charge in [0.25, 0.3) is 0 Å². The van der Waals surface area contributed by atoms with E-state index >= 15 is 0 Å². The van der Waals surface area contributed by atoms with Gasteiger partial charge in [0, 0.05) is 28.5 Å². The third kappa shape index (κ3) is 2.19. The Kier molecular flexibility index (Phi) is 3.15. The van der Waals surface area contributed by atoms with Crippen molar-refractivity contribution in [3.63, 3.8) is 0 Å². The quantitative estimate of drug-likeness (QED) is 0.521. The van der Waals surface area contributed by atoms with Crippen LogP contribution in [0.3, 0.4) is 0 Å². The summed E-state index contributed by atoms with van der Waals surface area (Å²) in [4.78, 5) is 7.77. The van der Waals surface area contributed by atoms with E-state index in [-0.39, 0.29) is 5.88 Å². The fraction of sp³-hybridized carbons (Fsp3) is 0.105. The third-order valence-electron chi connectivity index (χ3n) is 4.03. The maximum Gasteiger partial charge on any atom is 0.199 e. The predicted molar refractivity (Wildman–Crippen MR) is 94.9 cm³/mol. The molecule has 4 rings (SSSR count). The van der Waals surface area contributed by atoms with Crippen molar-refractivity contribution in [2.45, 2.75) is 6.92 Å². The molecule has 0 unspecified atom stereocenters. The van der Waals surface area contributed by atoms with Gasteiger partial charge in [-0.2, -0.15) is 0 Å². The molecule has 0 saturated carbocycles. The molecule has 0 fully saturated rings. The van der Waals surface area contributed by atoms with Gasteiger partial charge < -0.3 is 15.4 Å². The molecule has 0 aliphatic carbocycles. The zero-order valence-corrected chi connectivity index (χ0v) is 12.8. The second-order valence-corrected chi connectivity index (χ2v) is 5.50. The number of anilines is 1. The molecular formula is C19H17N3O. The van der Waals surface area contributed by atoms with Crippen molar-refractivity contribution >= 4 is 27.5 Å². The molecule has 4 aromatic rings. The van der Waals surface area contributed by atoms with Crippen LogP contribution in [0.25, 0.3) is 33.1 Å². The number of para-hydroxylation sites is 2. The molecule has 2 heterocycles. The van der Waals surface area contributed by atoms with Crippen LogP contribution in [0.1, 0.15) is 6.92 Å². The highest BCUT2D eigenvalue weighted by molar-refractivity contribution is 6.01. The second-order valence-electron chi connectivity index (χ2n) is 5.50. The topological polar surface area (TPSA) is 60.9 Å². The lowest BCUT2D eigenvalue weighted by atomic mass is 10.1. The summed E-state index contributed by atoms with van der Waals surface area (Å²) in [6.45, 7) is 2.89. The number of benzene rings is 2. The number of pyridine rings is 1. The van der Waals surface area contributed by atoms with Crippen molar-refractivity contribution in [2.75, 3.05) is 11.9 Å². The number of aromatic amines is 1. The summed E-state index contributed by atoms with van der Waals surface area (Å²) < 4.78 is 0. The minimum absolute atomic E-state index is 0.149. The first kappa shape index (κ1) is 13.6. The van der Waals surface area contributed by atoms with Crippen molar-refractivity contribution in [2.24, 2.45) is 0 Å². The molecule has 4 heteroatoms. The van der Waals surface area contributed by atoms with Gasteiger partial charge in [0.1, 0.15) is 0 Å². The van der Waals surface area contributed by atoms with Crippen molar-refractivity contribution in [3.8, 4) is 17.1 Å². The smallest absolute Gasteiger partial charge is 0.199 e. The molecule has 0 spiro atoms. The number of nitrogens with one attached hydrogen (secondary N) is 2. The monoisotopic (exact) mass is 303 g/mol. The van der Waals surface area contributed by atoms with E-state index in [4.69, 9.17) is 4.98 Å². The summed E-state index contributed by atoms with van der Waals surface area (Å²) in [5.74, 6) is 0.149. The average Bonchev–Trinajstić information content (AvgIpc) is 2.90. The van der Waals surface area contributed by atoms with Gasteiger partial charge >= 0.3 is 0 Å². The van der Waals surface area contributed by atoms with Crippen LogP contribution in [-0.4, -0.2) is 21.6 Å². The van der Waals surface area contributed by atoms with Crippen molar-refractivity contribution in [1.82, 2.24) is 9.97 Å². The van der Waals surface area contributed by atoms with Gasteiger partial charge in [0.2, 0.25) is 0 Å². The van der Waals surface area contributed by atoms with Gasteiger partial charge in [-0.15, -0.1) is 0 Å². The second kappa shape index (κ2) is 5.32. The highest BCUT2D eigenvalue weighted by Gasteiger charge is 2.15. The van der Waals surface area contributed by atoms with Gasteiger partial charge in [0.05, 0.1) is 16.8 Å². The van der Waals surface area contributed by atoms with Gasteiger partial charge in [0.15, 0.2) is 5.88 Å². The SMILES string of the molecule is CCNc1cc(-c2c(O)[nH]c3ccccc23)nc2ccccc12. The average molecular weight is 303 g/mol. The summed E-state index contributed by atoms with van der Waals surface area (Å²) in [5, 5.41) is 15.8. The van der Waals surface area contributed by atoms with Gasteiger partial charge in [-0.3, -0.25) is 0 Å². The maximum absolute atomic E-state index is 10.4. The molecule has 4 nitrogen and oxygen atoms in total. The van der Waals surface area contributed by atoms with E-state index in [1.807, 2.05) is 48.5 Å². The minimum atomic E-state index is 0.149. The Balaban J connectivity index is 2.03. The first-order valence-corrected chi connectivity index (χ1v) is 7.71. The normalized spacial score (nSPS) is 11.2. The number of aromatic nitrogens is 2. The van der Waals surface area contributed by atoms with E-state index in [9.17, 15) is 5.11 Å². The maximum atomic E-state index is 10.4. The van der Waals surface area contributed by atoms with Crippen LogP contribution >= 0.6 is 0 Å². The number of aromatic hydroxyl groups is 1. The van der Waals surface area contributed by atoms with Crippen LogP contribution in [0, 0.1) is 0 Å². The zero-order valence-electron chi connectivity index (χ0n) is 12.8. The summed E-state index contributed by atoms with van der Waals surface area (Å²) in [6, 6.07) is 17.9. The molecule has 2 aromatic heterocycles. The predicted octanol–water partition coefficient (Wildman–Crippen LogP) is 4.52. The van der Waals surface area contributed by atoms with E-state index in [0.29, 0.717) is 0 Å².